The molecular formula is C21H20N4O3. The number of aliphatic hydroxyl groups is 1. The van der Waals surface area contributed by atoms with Crippen molar-refractivity contribution in [3.8, 4) is 0 Å². The zero-order chi connectivity index (χ0) is 20.0. The van der Waals surface area contributed by atoms with Gasteiger partial charge in [-0.3, -0.25) is 19.5 Å². The van der Waals surface area contributed by atoms with E-state index < -0.39 is 17.7 Å². The second-order valence-corrected chi connectivity index (χ2v) is 7.23. The summed E-state index contributed by atoms with van der Waals surface area (Å²) < 4.78 is 0. The second-order valence-electron chi connectivity index (χ2n) is 7.23. The van der Waals surface area contributed by atoms with Gasteiger partial charge in [0.15, 0.2) is 11.5 Å². The molecule has 3 aromatic rings. The number of H-pyrrole nitrogens is 1. The largest absolute Gasteiger partial charge is 0.503 e. The minimum Gasteiger partial charge on any atom is -0.503 e. The summed E-state index contributed by atoms with van der Waals surface area (Å²) in [5.74, 6) is -1.58. The third-order valence-corrected chi connectivity index (χ3v) is 4.85. The van der Waals surface area contributed by atoms with Crippen LogP contribution >= 0.6 is 0 Å². The van der Waals surface area contributed by atoms with E-state index in [-0.39, 0.29) is 23.2 Å². The number of aryl methyl sites for hydroxylation is 1. The van der Waals surface area contributed by atoms with Crippen molar-refractivity contribution in [2.75, 3.05) is 4.90 Å². The first-order valence-electron chi connectivity index (χ1n) is 9.05. The average molecular weight is 376 g/mol. The van der Waals surface area contributed by atoms with Crippen LogP contribution < -0.4 is 4.90 Å². The van der Waals surface area contributed by atoms with Crippen LogP contribution in [0.5, 0.6) is 0 Å². The topological polar surface area (TPSA) is 99.2 Å². The number of hydrogen-bond donors (Lipinski definition) is 2. The number of nitrogens with zero attached hydrogens (tertiary/aromatic N) is 3. The third-order valence-electron chi connectivity index (χ3n) is 4.85. The minimum atomic E-state index is -0.794. The summed E-state index contributed by atoms with van der Waals surface area (Å²) in [7, 11) is 0. The summed E-state index contributed by atoms with van der Waals surface area (Å²) in [6, 6.07) is 8.43. The Hall–Kier alpha value is -3.48. The van der Waals surface area contributed by atoms with Crippen LogP contribution in [0.25, 0.3) is 11.0 Å². The first-order chi connectivity index (χ1) is 13.4. The Labute approximate surface area is 161 Å². The van der Waals surface area contributed by atoms with Crippen molar-refractivity contribution < 1.29 is 14.7 Å². The van der Waals surface area contributed by atoms with Gasteiger partial charge in [0.05, 0.1) is 22.6 Å². The number of Topliss-reactive ketones (excluding diaryl/α,β-unsaturated/α-hetero) is 1. The number of carbonyl (C=O) groups is 2. The number of fused-ring (bicyclic) bond motifs is 1. The number of aliphatic hydroxyl groups excluding tert-OH is 1. The fourth-order valence-corrected chi connectivity index (χ4v) is 3.46. The molecule has 0 saturated heterocycles. The quantitative estimate of drug-likeness (QED) is 0.727. The van der Waals surface area contributed by atoms with Crippen molar-refractivity contribution in [1.82, 2.24) is 15.0 Å². The van der Waals surface area contributed by atoms with E-state index in [4.69, 9.17) is 0 Å². The van der Waals surface area contributed by atoms with Crippen LogP contribution in [0.2, 0.25) is 0 Å². The van der Waals surface area contributed by atoms with Crippen molar-refractivity contribution in [1.29, 1.82) is 0 Å². The van der Waals surface area contributed by atoms with E-state index in [1.54, 1.807) is 38.4 Å². The lowest BCUT2D eigenvalue weighted by molar-refractivity contribution is -0.119. The molecule has 0 fully saturated rings. The predicted molar refractivity (Wildman–Crippen MR) is 105 cm³/mol. The van der Waals surface area contributed by atoms with Crippen LogP contribution in [0.15, 0.2) is 54.1 Å². The van der Waals surface area contributed by atoms with E-state index in [1.807, 2.05) is 25.1 Å². The molecule has 0 spiro atoms. The smallest absolute Gasteiger partial charge is 0.296 e. The molecule has 0 saturated carbocycles. The Morgan fingerprint density at radius 2 is 2.07 bits per heavy atom. The summed E-state index contributed by atoms with van der Waals surface area (Å²) in [6.45, 7) is 5.44. The molecule has 28 heavy (non-hydrogen) atoms. The van der Waals surface area contributed by atoms with Gasteiger partial charge in [0.1, 0.15) is 0 Å². The van der Waals surface area contributed by atoms with Gasteiger partial charge in [-0.2, -0.15) is 0 Å². The van der Waals surface area contributed by atoms with Crippen LogP contribution in [-0.4, -0.2) is 31.7 Å². The van der Waals surface area contributed by atoms with Gasteiger partial charge < -0.3 is 10.1 Å². The maximum absolute atomic E-state index is 13.0. The number of carbonyl (C=O) groups excluding carboxylic acids is 2. The van der Waals surface area contributed by atoms with Crippen LogP contribution in [0.3, 0.4) is 0 Å². The summed E-state index contributed by atoms with van der Waals surface area (Å²) >= 11 is 0. The standard InChI is InChI=1S/C21H20N4O3/c1-11(2)18(26)16-17(13-5-4-8-22-10-13)25(20(28)19(16)27)21-23-14-7-6-12(3)9-15(14)24-21/h4-11,17,27H,1-3H3,(H,23,24). The fourth-order valence-electron chi connectivity index (χ4n) is 3.46. The molecule has 142 valence electrons. The molecule has 7 nitrogen and oxygen atoms in total. The molecular weight excluding hydrogens is 356 g/mol. The molecule has 2 aromatic heterocycles. The molecule has 2 N–H and O–H groups in total. The van der Waals surface area contributed by atoms with E-state index in [0.717, 1.165) is 11.1 Å². The van der Waals surface area contributed by atoms with Gasteiger partial charge in [-0.05, 0) is 36.2 Å². The van der Waals surface area contributed by atoms with E-state index in [0.29, 0.717) is 11.1 Å². The van der Waals surface area contributed by atoms with Crippen molar-refractivity contribution in [3.05, 3.63) is 65.2 Å². The highest BCUT2D eigenvalue weighted by atomic mass is 16.3. The summed E-state index contributed by atoms with van der Waals surface area (Å²) in [5.41, 5.74) is 3.22. The van der Waals surface area contributed by atoms with Gasteiger partial charge in [-0.1, -0.05) is 26.0 Å². The van der Waals surface area contributed by atoms with Gasteiger partial charge in [-0.25, -0.2) is 4.98 Å². The lowest BCUT2D eigenvalue weighted by Gasteiger charge is -2.24. The molecule has 1 aliphatic rings. The first kappa shape index (κ1) is 17.9. The number of aromatic nitrogens is 3. The normalized spacial score (nSPS) is 17.2. The number of anilines is 1. The fraction of sp³-hybridized carbons (Fsp3) is 0.238. The van der Waals surface area contributed by atoms with Gasteiger partial charge in [0, 0.05) is 18.3 Å². The minimum absolute atomic E-state index is 0.0737. The van der Waals surface area contributed by atoms with Crippen molar-refractivity contribution >= 4 is 28.7 Å². The van der Waals surface area contributed by atoms with E-state index >= 15 is 0 Å². The van der Waals surface area contributed by atoms with Crippen molar-refractivity contribution in [2.24, 2.45) is 5.92 Å². The zero-order valence-electron chi connectivity index (χ0n) is 15.8. The average Bonchev–Trinajstić information content (AvgIpc) is 3.20. The molecule has 1 amide bonds. The predicted octanol–water partition coefficient (Wildman–Crippen LogP) is 3.39. The van der Waals surface area contributed by atoms with Crippen LogP contribution in [0.1, 0.15) is 31.0 Å². The molecule has 7 heteroatoms. The summed E-state index contributed by atoms with van der Waals surface area (Å²) in [5, 5.41) is 10.6. The van der Waals surface area contributed by atoms with Gasteiger partial charge >= 0.3 is 0 Å². The number of nitrogens with one attached hydrogen (secondary N) is 1. The molecule has 0 radical (unpaired) electrons. The highest BCUT2D eigenvalue weighted by molar-refractivity contribution is 6.16. The first-order valence-corrected chi connectivity index (χ1v) is 9.05. The third kappa shape index (κ3) is 2.76. The Bertz CT molecular complexity index is 1120. The Kier molecular flexibility index (Phi) is 4.22. The maximum atomic E-state index is 13.0. The molecule has 4 rings (SSSR count). The van der Waals surface area contributed by atoms with Gasteiger partial charge in [0.2, 0.25) is 5.95 Å². The molecule has 1 unspecified atom stereocenters. The van der Waals surface area contributed by atoms with Crippen LogP contribution in [0.4, 0.5) is 5.95 Å². The number of rotatable bonds is 4. The number of hydrogen-bond acceptors (Lipinski definition) is 5. The van der Waals surface area contributed by atoms with Gasteiger partial charge in [0.25, 0.3) is 5.91 Å². The lowest BCUT2D eigenvalue weighted by Crippen LogP contribution is -2.32. The molecule has 0 aliphatic carbocycles. The number of aromatic amines is 1. The molecule has 3 heterocycles. The van der Waals surface area contributed by atoms with E-state index in [9.17, 15) is 14.7 Å². The van der Waals surface area contributed by atoms with Crippen molar-refractivity contribution in [3.63, 3.8) is 0 Å². The highest BCUT2D eigenvalue weighted by Gasteiger charge is 2.46. The number of ketones is 1. The number of pyridine rings is 1. The monoisotopic (exact) mass is 376 g/mol. The molecule has 0 bridgehead atoms. The number of benzene rings is 1. The molecule has 1 aliphatic heterocycles. The van der Waals surface area contributed by atoms with Gasteiger partial charge in [-0.15, -0.1) is 0 Å². The van der Waals surface area contributed by atoms with E-state index in [2.05, 4.69) is 15.0 Å². The Morgan fingerprint density at radius 3 is 2.75 bits per heavy atom. The SMILES string of the molecule is Cc1ccc2nc(N3C(=O)C(O)=C(C(=O)C(C)C)C3c3cccnc3)[nH]c2c1. The number of imidazole rings is 1. The Balaban J connectivity index is 1.89. The van der Waals surface area contributed by atoms with Crippen LogP contribution in [-0.2, 0) is 9.59 Å². The van der Waals surface area contributed by atoms with Crippen molar-refractivity contribution in [2.45, 2.75) is 26.8 Å². The second kappa shape index (κ2) is 6.60. The maximum Gasteiger partial charge on any atom is 0.296 e. The molecule has 1 atom stereocenters. The lowest BCUT2D eigenvalue weighted by atomic mass is 9.92. The highest BCUT2D eigenvalue weighted by Crippen LogP contribution is 2.41. The number of amides is 1. The van der Waals surface area contributed by atoms with Crippen LogP contribution in [0, 0.1) is 12.8 Å². The zero-order valence-corrected chi connectivity index (χ0v) is 15.8. The summed E-state index contributed by atoms with van der Waals surface area (Å²) in [6.07, 6.45) is 3.20. The Morgan fingerprint density at radius 1 is 1.29 bits per heavy atom. The molecule has 1 aromatic carbocycles. The van der Waals surface area contributed by atoms with E-state index in [1.165, 1.54) is 4.90 Å². The summed E-state index contributed by atoms with van der Waals surface area (Å²) in [4.78, 5) is 38.9.